The van der Waals surface area contributed by atoms with Crippen LogP contribution in [0.3, 0.4) is 0 Å². The summed E-state index contributed by atoms with van der Waals surface area (Å²) in [7, 11) is 0. The number of azo groups is 1. The van der Waals surface area contributed by atoms with Gasteiger partial charge in [-0.15, -0.1) is 0 Å². The minimum absolute atomic E-state index is 0.0232. The average molecular weight is 352 g/mol. The number of hydrogen-bond donors (Lipinski definition) is 1. The average Bonchev–Trinajstić information content (AvgIpc) is 2.61. The van der Waals surface area contributed by atoms with Crippen LogP contribution in [0.5, 0.6) is 0 Å². The molecule has 0 saturated carbocycles. The highest BCUT2D eigenvalue weighted by Gasteiger charge is 2.23. The number of benzene rings is 2. The molecule has 0 unspecified atom stereocenters. The third-order valence-corrected chi connectivity index (χ3v) is 4.05. The lowest BCUT2D eigenvalue weighted by atomic mass is 10.2. The highest BCUT2D eigenvalue weighted by Crippen LogP contribution is 2.20. The maximum atomic E-state index is 12.3. The Morgan fingerprint density at radius 1 is 1.00 bits per heavy atom. The Labute approximate surface area is 153 Å². The van der Waals surface area contributed by atoms with Gasteiger partial charge in [0.25, 0.3) is 0 Å². The van der Waals surface area contributed by atoms with Crippen LogP contribution in [0.2, 0.25) is 0 Å². The van der Waals surface area contributed by atoms with Crippen molar-refractivity contribution >= 4 is 23.0 Å². The Balaban J connectivity index is 1.52. The number of rotatable bonds is 5. The summed E-state index contributed by atoms with van der Waals surface area (Å²) in [5.41, 5.74) is 2.30. The lowest BCUT2D eigenvalue weighted by Gasteiger charge is -2.34. The van der Waals surface area contributed by atoms with E-state index in [0.29, 0.717) is 6.54 Å². The highest BCUT2D eigenvalue weighted by molar-refractivity contribution is 5.92. The van der Waals surface area contributed by atoms with E-state index >= 15 is 0 Å². The fraction of sp³-hybridized carbons (Fsp3) is 0.350. The Morgan fingerprint density at radius 2 is 1.58 bits per heavy atom. The molecule has 3 rings (SSSR count). The normalized spacial score (nSPS) is 21.0. The van der Waals surface area contributed by atoms with Gasteiger partial charge in [0, 0.05) is 18.8 Å². The molecular weight excluding hydrogens is 328 g/mol. The Kier molecular flexibility index (Phi) is 6.09. The van der Waals surface area contributed by atoms with E-state index in [9.17, 15) is 4.79 Å². The number of morpholine rings is 1. The molecule has 1 saturated heterocycles. The molecule has 0 aliphatic carbocycles. The van der Waals surface area contributed by atoms with Crippen molar-refractivity contribution in [2.24, 2.45) is 10.2 Å². The first kappa shape index (κ1) is 18.2. The van der Waals surface area contributed by atoms with Gasteiger partial charge in [-0.3, -0.25) is 9.69 Å². The van der Waals surface area contributed by atoms with Crippen LogP contribution in [0.25, 0.3) is 0 Å². The topological polar surface area (TPSA) is 66.3 Å². The predicted molar refractivity (Wildman–Crippen MR) is 102 cm³/mol. The van der Waals surface area contributed by atoms with Crippen LogP contribution in [0.4, 0.5) is 17.1 Å². The van der Waals surface area contributed by atoms with Crippen molar-refractivity contribution in [3.63, 3.8) is 0 Å². The second kappa shape index (κ2) is 8.69. The van der Waals surface area contributed by atoms with E-state index in [1.165, 1.54) is 0 Å². The molecule has 2 atom stereocenters. The van der Waals surface area contributed by atoms with Crippen LogP contribution in [0, 0.1) is 0 Å². The molecule has 1 N–H and O–H groups in total. The summed E-state index contributed by atoms with van der Waals surface area (Å²) in [5.74, 6) is -0.0232. The molecule has 0 radical (unpaired) electrons. The van der Waals surface area contributed by atoms with E-state index in [-0.39, 0.29) is 18.1 Å². The van der Waals surface area contributed by atoms with E-state index < -0.39 is 0 Å². The zero-order chi connectivity index (χ0) is 18.4. The van der Waals surface area contributed by atoms with Crippen LogP contribution in [0.15, 0.2) is 64.8 Å². The number of nitrogens with one attached hydrogen (secondary N) is 1. The van der Waals surface area contributed by atoms with Gasteiger partial charge in [0.15, 0.2) is 0 Å². The van der Waals surface area contributed by atoms with Crippen LogP contribution in [-0.4, -0.2) is 42.6 Å². The Hall–Kier alpha value is -2.57. The van der Waals surface area contributed by atoms with Crippen molar-refractivity contribution in [2.45, 2.75) is 26.1 Å². The molecule has 2 aromatic carbocycles. The van der Waals surface area contributed by atoms with Crippen LogP contribution in [-0.2, 0) is 9.53 Å². The van der Waals surface area contributed by atoms with Crippen molar-refractivity contribution in [1.82, 2.24) is 4.90 Å². The molecule has 26 heavy (non-hydrogen) atoms. The van der Waals surface area contributed by atoms with E-state index in [4.69, 9.17) is 4.74 Å². The number of hydrogen-bond acceptors (Lipinski definition) is 5. The molecule has 136 valence electrons. The van der Waals surface area contributed by atoms with E-state index in [1.54, 1.807) is 0 Å². The minimum Gasteiger partial charge on any atom is -0.373 e. The molecule has 1 amide bonds. The number of ether oxygens (including phenoxy) is 1. The van der Waals surface area contributed by atoms with Gasteiger partial charge in [0.2, 0.25) is 5.91 Å². The molecule has 1 aliphatic rings. The SMILES string of the molecule is C[C@@H]1CN(CC(=O)Nc2ccc(N=Nc3ccccc3)cc2)C[C@@H](C)O1. The number of anilines is 1. The Bertz CT molecular complexity index is 736. The number of nitrogens with zero attached hydrogens (tertiary/aromatic N) is 3. The third kappa shape index (κ3) is 5.47. The van der Waals surface area contributed by atoms with E-state index in [2.05, 4.69) is 20.4 Å². The third-order valence-electron chi connectivity index (χ3n) is 4.05. The number of amides is 1. The van der Waals surface area contributed by atoms with Crippen LogP contribution < -0.4 is 5.32 Å². The monoisotopic (exact) mass is 352 g/mol. The highest BCUT2D eigenvalue weighted by atomic mass is 16.5. The van der Waals surface area contributed by atoms with Gasteiger partial charge in [-0.05, 0) is 50.2 Å². The van der Waals surface area contributed by atoms with Gasteiger partial charge in [-0.2, -0.15) is 10.2 Å². The standard InChI is InChI=1S/C20H24N4O2/c1-15-12-24(13-16(2)26-15)14-20(25)21-17-8-10-19(11-9-17)23-22-18-6-4-3-5-7-18/h3-11,15-16H,12-14H2,1-2H3,(H,21,25)/t15-,16-/m1/s1. The summed E-state index contributed by atoms with van der Waals surface area (Å²) in [5, 5.41) is 11.3. The fourth-order valence-electron chi connectivity index (χ4n) is 3.04. The van der Waals surface area contributed by atoms with Crippen molar-refractivity contribution in [3.8, 4) is 0 Å². The van der Waals surface area contributed by atoms with Crippen LogP contribution >= 0.6 is 0 Å². The summed E-state index contributed by atoms with van der Waals surface area (Å²) in [6.45, 7) is 5.98. The molecule has 0 bridgehead atoms. The summed E-state index contributed by atoms with van der Waals surface area (Å²) in [6.07, 6.45) is 0.307. The first-order valence-corrected chi connectivity index (χ1v) is 8.83. The van der Waals surface area contributed by atoms with Crippen molar-refractivity contribution in [1.29, 1.82) is 0 Å². The van der Waals surface area contributed by atoms with Crippen molar-refractivity contribution < 1.29 is 9.53 Å². The van der Waals surface area contributed by atoms with E-state index in [0.717, 1.165) is 30.2 Å². The number of carbonyl (C=O) groups is 1. The zero-order valence-electron chi connectivity index (χ0n) is 15.1. The second-order valence-corrected chi connectivity index (χ2v) is 6.58. The molecule has 1 fully saturated rings. The number of carbonyl (C=O) groups excluding carboxylic acids is 1. The van der Waals surface area contributed by atoms with Crippen molar-refractivity contribution in [3.05, 3.63) is 54.6 Å². The lowest BCUT2D eigenvalue weighted by molar-refractivity contribution is -0.121. The fourth-order valence-corrected chi connectivity index (χ4v) is 3.04. The van der Waals surface area contributed by atoms with Gasteiger partial charge >= 0.3 is 0 Å². The molecular formula is C20H24N4O2. The molecule has 1 heterocycles. The molecule has 6 nitrogen and oxygen atoms in total. The van der Waals surface area contributed by atoms with E-state index in [1.807, 2.05) is 68.4 Å². The largest absolute Gasteiger partial charge is 0.373 e. The Morgan fingerprint density at radius 3 is 2.19 bits per heavy atom. The summed E-state index contributed by atoms with van der Waals surface area (Å²) in [4.78, 5) is 14.4. The minimum atomic E-state index is -0.0232. The molecule has 6 heteroatoms. The van der Waals surface area contributed by atoms with Gasteiger partial charge in [0.05, 0.1) is 30.1 Å². The lowest BCUT2D eigenvalue weighted by Crippen LogP contribution is -2.48. The van der Waals surface area contributed by atoms with Gasteiger partial charge in [0.1, 0.15) is 0 Å². The molecule has 2 aromatic rings. The zero-order valence-corrected chi connectivity index (χ0v) is 15.1. The maximum absolute atomic E-state index is 12.3. The first-order valence-electron chi connectivity index (χ1n) is 8.83. The smallest absolute Gasteiger partial charge is 0.238 e. The van der Waals surface area contributed by atoms with Crippen LogP contribution in [0.1, 0.15) is 13.8 Å². The summed E-state index contributed by atoms with van der Waals surface area (Å²) >= 11 is 0. The predicted octanol–water partition coefficient (Wildman–Crippen LogP) is 4.15. The second-order valence-electron chi connectivity index (χ2n) is 6.58. The molecule has 1 aliphatic heterocycles. The van der Waals surface area contributed by atoms with Gasteiger partial charge < -0.3 is 10.1 Å². The van der Waals surface area contributed by atoms with Gasteiger partial charge in [-0.25, -0.2) is 0 Å². The first-order chi connectivity index (χ1) is 12.6. The van der Waals surface area contributed by atoms with Crippen molar-refractivity contribution in [2.75, 3.05) is 25.0 Å². The van der Waals surface area contributed by atoms with Gasteiger partial charge in [-0.1, -0.05) is 18.2 Å². The summed E-state index contributed by atoms with van der Waals surface area (Å²) < 4.78 is 5.69. The quantitative estimate of drug-likeness (QED) is 0.822. The summed E-state index contributed by atoms with van der Waals surface area (Å²) in [6, 6.07) is 16.9. The maximum Gasteiger partial charge on any atom is 0.238 e. The molecule has 0 aromatic heterocycles. The molecule has 0 spiro atoms.